The lowest BCUT2D eigenvalue weighted by Gasteiger charge is -2.41. The van der Waals surface area contributed by atoms with Crippen LogP contribution in [-0.4, -0.2) is 6.04 Å². The van der Waals surface area contributed by atoms with E-state index in [1.807, 2.05) is 0 Å². The lowest BCUT2D eigenvalue weighted by Crippen LogP contribution is -2.36. The Balaban J connectivity index is 0.992. The van der Waals surface area contributed by atoms with E-state index in [2.05, 4.69) is 253 Å². The van der Waals surface area contributed by atoms with Crippen LogP contribution in [0.15, 0.2) is 248 Å². The molecule has 2 nitrogen and oxygen atoms in total. The zero-order chi connectivity index (χ0) is 44.3. The molecule has 0 radical (unpaired) electrons. The van der Waals surface area contributed by atoms with Crippen molar-refractivity contribution in [3.05, 3.63) is 271 Å². The van der Waals surface area contributed by atoms with Crippen molar-refractivity contribution < 1.29 is 0 Å². The zero-order valence-corrected chi connectivity index (χ0v) is 37.6. The van der Waals surface area contributed by atoms with Gasteiger partial charge in [-0.15, -0.1) is 0 Å². The fraction of sp³-hybridized carbons (Fsp3) is 0.138. The standard InChI is InChI=1S/C65H52N2/c1-4-20-47(21-5-1)64-54-28-11-10-19-46(54)37-42-63(64)66(51-38-35-45(36-39-51)48-22-18-27-52(43-48)67-61-33-16-13-30-57(61)58-31-14-17-34-62(58)67)53-40-41-56-55-29-12-15-32-59(55)65(60(56)44-53,49-23-6-2-7-24-49)50-25-8-3-9-26-50/h1-2,4-8,10-11,13-28,30-44,55,57,59,61H,3,9,12,29H2. The normalized spacial score (nSPS) is 22.0. The highest BCUT2D eigenvalue weighted by atomic mass is 15.2. The van der Waals surface area contributed by atoms with E-state index >= 15 is 0 Å². The Hall–Kier alpha value is -7.68. The van der Waals surface area contributed by atoms with Crippen LogP contribution in [-0.2, 0) is 5.41 Å². The van der Waals surface area contributed by atoms with Gasteiger partial charge in [0.05, 0.1) is 17.1 Å². The van der Waals surface area contributed by atoms with E-state index < -0.39 is 0 Å². The molecule has 5 aliphatic rings. The smallest absolute Gasteiger partial charge is 0.0629 e. The fourth-order valence-corrected chi connectivity index (χ4v) is 12.6. The zero-order valence-electron chi connectivity index (χ0n) is 37.6. The summed E-state index contributed by atoms with van der Waals surface area (Å²) in [6.07, 6.45) is 25.9. The first-order valence-electron chi connectivity index (χ1n) is 24.3. The molecule has 0 fully saturated rings. The minimum atomic E-state index is -0.309. The first kappa shape index (κ1) is 39.7. The van der Waals surface area contributed by atoms with Crippen molar-refractivity contribution in [2.75, 3.05) is 9.80 Å². The van der Waals surface area contributed by atoms with Crippen LogP contribution < -0.4 is 9.80 Å². The van der Waals surface area contributed by atoms with Crippen molar-refractivity contribution in [3.8, 4) is 22.3 Å². The van der Waals surface area contributed by atoms with Crippen LogP contribution in [0.5, 0.6) is 0 Å². The molecule has 0 amide bonds. The van der Waals surface area contributed by atoms with Gasteiger partial charge in [-0.2, -0.15) is 0 Å². The molecule has 0 N–H and O–H groups in total. The maximum absolute atomic E-state index is 2.58. The highest BCUT2D eigenvalue weighted by molar-refractivity contribution is 6.05. The van der Waals surface area contributed by atoms with Crippen molar-refractivity contribution in [3.63, 3.8) is 0 Å². The Labute approximate surface area is 394 Å². The summed E-state index contributed by atoms with van der Waals surface area (Å²) in [5.74, 6) is 1.12. The van der Waals surface area contributed by atoms with Crippen LogP contribution in [0.3, 0.4) is 0 Å². The number of hydrogen-bond donors (Lipinski definition) is 0. The van der Waals surface area contributed by atoms with Gasteiger partial charge in [0.25, 0.3) is 0 Å². The Bertz CT molecular complexity index is 3330. The number of benzene rings is 8. The molecule has 5 unspecified atom stereocenters. The van der Waals surface area contributed by atoms with Gasteiger partial charge in [-0.25, -0.2) is 0 Å². The van der Waals surface area contributed by atoms with Crippen LogP contribution in [0, 0.1) is 5.92 Å². The van der Waals surface area contributed by atoms with E-state index in [0.717, 1.165) is 37.1 Å². The highest BCUT2D eigenvalue weighted by Gasteiger charge is 2.54. The van der Waals surface area contributed by atoms with Gasteiger partial charge in [-0.05, 0) is 135 Å². The predicted octanol–water partition coefficient (Wildman–Crippen LogP) is 17.0. The Kier molecular flexibility index (Phi) is 9.67. The van der Waals surface area contributed by atoms with Gasteiger partial charge < -0.3 is 9.80 Å². The SMILES string of the molecule is C1=CC2c3ccccc3N(c3cccc(-c4ccc(N(c5ccc6c(c5)C(C5=CCCC=C5)(c5ccccc5)C5C=CCCC65)c5ccc6ccccc6c5-c5ccccc5)cc4)c3)C2C=C1. The summed E-state index contributed by atoms with van der Waals surface area (Å²) in [5.41, 5.74) is 17.6. The summed E-state index contributed by atoms with van der Waals surface area (Å²) in [6.45, 7) is 0. The van der Waals surface area contributed by atoms with E-state index in [1.165, 1.54) is 77.9 Å². The number of anilines is 5. The molecule has 0 bridgehead atoms. The second kappa shape index (κ2) is 16.3. The molecule has 0 spiro atoms. The predicted molar refractivity (Wildman–Crippen MR) is 281 cm³/mol. The largest absolute Gasteiger partial charge is 0.333 e. The summed E-state index contributed by atoms with van der Waals surface area (Å²) in [5, 5.41) is 2.48. The monoisotopic (exact) mass is 860 g/mol. The lowest BCUT2D eigenvalue weighted by atomic mass is 9.61. The van der Waals surface area contributed by atoms with Crippen molar-refractivity contribution in [2.45, 2.75) is 49.0 Å². The Morgan fingerprint density at radius 3 is 2.18 bits per heavy atom. The molecule has 1 heterocycles. The molecule has 8 aromatic rings. The van der Waals surface area contributed by atoms with Crippen LogP contribution in [0.2, 0.25) is 0 Å². The molecular weight excluding hydrogens is 809 g/mol. The van der Waals surface area contributed by atoms with E-state index in [9.17, 15) is 0 Å². The van der Waals surface area contributed by atoms with E-state index in [1.54, 1.807) is 0 Å². The number of rotatable bonds is 8. The summed E-state index contributed by atoms with van der Waals surface area (Å²) in [6, 6.07) is 71.0. The van der Waals surface area contributed by atoms with Crippen molar-refractivity contribution in [1.29, 1.82) is 0 Å². The third-order valence-corrected chi connectivity index (χ3v) is 15.5. The summed E-state index contributed by atoms with van der Waals surface area (Å²) < 4.78 is 0. The van der Waals surface area contributed by atoms with Gasteiger partial charge in [0.1, 0.15) is 0 Å². The summed E-state index contributed by atoms with van der Waals surface area (Å²) >= 11 is 0. The second-order valence-corrected chi connectivity index (χ2v) is 18.9. The number of hydrogen-bond acceptors (Lipinski definition) is 2. The average Bonchev–Trinajstić information content (AvgIpc) is 3.90. The number of para-hydroxylation sites is 1. The average molecular weight is 861 g/mol. The third kappa shape index (κ3) is 6.38. The summed E-state index contributed by atoms with van der Waals surface area (Å²) in [7, 11) is 0. The Morgan fingerprint density at radius 2 is 1.31 bits per heavy atom. The highest BCUT2D eigenvalue weighted by Crippen LogP contribution is 2.62. The quantitative estimate of drug-likeness (QED) is 0.140. The molecule has 4 aliphatic carbocycles. The first-order valence-corrected chi connectivity index (χ1v) is 24.3. The lowest BCUT2D eigenvalue weighted by molar-refractivity contribution is 0.391. The van der Waals surface area contributed by atoms with Crippen molar-refractivity contribution in [1.82, 2.24) is 0 Å². The van der Waals surface area contributed by atoms with Gasteiger partial charge >= 0.3 is 0 Å². The molecule has 2 heteroatoms. The molecule has 67 heavy (non-hydrogen) atoms. The van der Waals surface area contributed by atoms with Crippen LogP contribution in [0.4, 0.5) is 28.4 Å². The van der Waals surface area contributed by atoms with E-state index in [4.69, 9.17) is 0 Å². The minimum absolute atomic E-state index is 0.257. The van der Waals surface area contributed by atoms with Crippen LogP contribution in [0.1, 0.15) is 59.8 Å². The fourth-order valence-electron chi connectivity index (χ4n) is 12.6. The minimum Gasteiger partial charge on any atom is -0.333 e. The third-order valence-electron chi connectivity index (χ3n) is 15.5. The maximum Gasteiger partial charge on any atom is 0.0629 e. The van der Waals surface area contributed by atoms with Gasteiger partial charge in [-0.1, -0.05) is 194 Å². The molecule has 0 saturated carbocycles. The molecule has 5 atom stereocenters. The van der Waals surface area contributed by atoms with Crippen molar-refractivity contribution in [2.24, 2.45) is 5.92 Å². The molecule has 1 aliphatic heterocycles. The molecular formula is C65H52N2. The molecule has 0 aromatic heterocycles. The summed E-state index contributed by atoms with van der Waals surface area (Å²) in [4.78, 5) is 5.07. The van der Waals surface area contributed by atoms with Gasteiger partial charge in [0, 0.05) is 40.1 Å². The topological polar surface area (TPSA) is 6.48 Å². The second-order valence-electron chi connectivity index (χ2n) is 18.9. The van der Waals surface area contributed by atoms with Crippen molar-refractivity contribution >= 4 is 39.2 Å². The number of allylic oxidation sites excluding steroid dienone is 8. The van der Waals surface area contributed by atoms with Crippen LogP contribution >= 0.6 is 0 Å². The van der Waals surface area contributed by atoms with Crippen LogP contribution in [0.25, 0.3) is 33.0 Å². The van der Waals surface area contributed by atoms with Gasteiger partial charge in [-0.3, -0.25) is 0 Å². The van der Waals surface area contributed by atoms with E-state index in [-0.39, 0.29) is 11.5 Å². The maximum atomic E-state index is 2.58. The molecule has 13 rings (SSSR count). The molecule has 322 valence electrons. The number of nitrogens with zero attached hydrogens (tertiary/aromatic N) is 2. The van der Waals surface area contributed by atoms with Gasteiger partial charge in [0.2, 0.25) is 0 Å². The van der Waals surface area contributed by atoms with E-state index in [0.29, 0.717) is 17.8 Å². The Morgan fingerprint density at radius 1 is 0.537 bits per heavy atom. The first-order chi connectivity index (χ1) is 33.3. The molecule has 8 aromatic carbocycles. The number of fused-ring (bicyclic) bond motifs is 7. The van der Waals surface area contributed by atoms with Gasteiger partial charge in [0.15, 0.2) is 0 Å². The molecule has 0 saturated heterocycles.